The van der Waals surface area contributed by atoms with E-state index in [-0.39, 0.29) is 5.73 Å². The van der Waals surface area contributed by atoms with Crippen molar-refractivity contribution in [1.82, 2.24) is 0 Å². The van der Waals surface area contributed by atoms with Crippen LogP contribution < -0.4 is 0 Å². The largest absolute Gasteiger partial charge is 0.393 e. The lowest BCUT2D eigenvalue weighted by Crippen LogP contribution is -2.54. The van der Waals surface area contributed by atoms with Crippen LogP contribution in [-0.4, -0.2) is 18.9 Å². The summed E-state index contributed by atoms with van der Waals surface area (Å²) in [4.78, 5) is 0. The van der Waals surface area contributed by atoms with E-state index in [4.69, 9.17) is 0 Å². The van der Waals surface area contributed by atoms with Crippen molar-refractivity contribution in [2.75, 3.05) is 0 Å². The quantitative estimate of drug-likeness (QED) is 0.546. The molecule has 0 aromatic carbocycles. The summed E-state index contributed by atoms with van der Waals surface area (Å²) in [6.45, 7) is 17.3. The molecule has 0 amide bonds. The van der Waals surface area contributed by atoms with Crippen molar-refractivity contribution in [2.45, 2.75) is 63.9 Å². The average Bonchev–Trinajstić information content (AvgIpc) is 2.02. The number of hydrogen-bond donors (Lipinski definition) is 1. The Hall–Kier alpha value is -0.0831. The summed E-state index contributed by atoms with van der Waals surface area (Å²) in [5.41, 5.74) is 1.50. The van der Waals surface area contributed by atoms with Gasteiger partial charge in [-0.1, -0.05) is 47.6 Å². The van der Waals surface area contributed by atoms with Crippen molar-refractivity contribution in [1.29, 1.82) is 0 Å². The minimum absolute atomic E-state index is 0.275. The van der Waals surface area contributed by atoms with Crippen LogP contribution >= 0.6 is 0 Å². The molecule has 0 aliphatic carbocycles. The van der Waals surface area contributed by atoms with Gasteiger partial charge in [0.1, 0.15) is 0 Å². The number of hydrogen-bond acceptors (Lipinski definition) is 1. The summed E-state index contributed by atoms with van der Waals surface area (Å²) in [5.74, 6) is 0. The van der Waals surface area contributed by atoms with E-state index in [1.54, 1.807) is 6.08 Å². The Morgan fingerprint density at radius 2 is 1.21 bits per heavy atom. The lowest BCUT2D eigenvalue weighted by Gasteiger charge is -2.45. The number of aliphatic hydroxyl groups is 1. The van der Waals surface area contributed by atoms with Crippen LogP contribution in [0.5, 0.6) is 0 Å². The summed E-state index contributed by atoms with van der Waals surface area (Å²) in [6.07, 6.45) is 1.74. The molecule has 1 atom stereocenters. The average molecular weight is 214 g/mol. The van der Waals surface area contributed by atoms with Gasteiger partial charge in [-0.15, -0.1) is 6.58 Å². The van der Waals surface area contributed by atoms with Gasteiger partial charge >= 0.3 is 0 Å². The Morgan fingerprint density at radius 3 is 1.29 bits per heavy atom. The van der Waals surface area contributed by atoms with Gasteiger partial charge in [0.15, 0.2) is 0 Å². The predicted octanol–water partition coefficient (Wildman–Crippen LogP) is 3.75. The smallest absolute Gasteiger partial charge is 0.0997 e. The summed E-state index contributed by atoms with van der Waals surface area (Å²) in [6, 6.07) is 0. The fraction of sp³-hybridized carbons (Fsp3) is 0.833. The molecule has 0 spiro atoms. The first-order chi connectivity index (χ1) is 6.31. The van der Waals surface area contributed by atoms with E-state index in [0.29, 0.717) is 16.6 Å². The topological polar surface area (TPSA) is 20.2 Å². The van der Waals surface area contributed by atoms with E-state index >= 15 is 0 Å². The molecule has 0 aliphatic rings. The summed E-state index contributed by atoms with van der Waals surface area (Å²) >= 11 is 0. The van der Waals surface area contributed by atoms with E-state index < -0.39 is 8.07 Å². The minimum atomic E-state index is -1.69. The van der Waals surface area contributed by atoms with Crippen LogP contribution in [0, 0.1) is 0 Å². The zero-order valence-corrected chi connectivity index (χ0v) is 11.5. The van der Waals surface area contributed by atoms with Gasteiger partial charge in [-0.3, -0.25) is 0 Å². The Bertz CT molecular complexity index is 163. The van der Waals surface area contributed by atoms with Gasteiger partial charge in [0.25, 0.3) is 0 Å². The molecule has 0 heterocycles. The third-order valence-corrected chi connectivity index (χ3v) is 11.0. The molecular weight excluding hydrogens is 188 g/mol. The summed E-state index contributed by atoms with van der Waals surface area (Å²) < 4.78 is 0. The van der Waals surface area contributed by atoms with Crippen LogP contribution in [-0.2, 0) is 0 Å². The molecule has 0 saturated heterocycles. The highest BCUT2D eigenvalue weighted by molar-refractivity contribution is 6.84. The molecule has 0 saturated carbocycles. The van der Waals surface area contributed by atoms with Gasteiger partial charge in [-0.05, 0) is 16.6 Å². The molecule has 0 aromatic heterocycles. The Morgan fingerprint density at radius 1 is 0.929 bits per heavy atom. The number of rotatable bonds is 5. The lowest BCUT2D eigenvalue weighted by atomic mass is 10.5. The van der Waals surface area contributed by atoms with Crippen molar-refractivity contribution in [3.8, 4) is 0 Å². The molecule has 0 radical (unpaired) electrons. The molecule has 0 rings (SSSR count). The lowest BCUT2D eigenvalue weighted by molar-refractivity contribution is 0.281. The predicted molar refractivity (Wildman–Crippen MR) is 67.3 cm³/mol. The SMILES string of the molecule is C=C[C@@H](O)[Si](C(C)C)(C(C)C)C(C)C. The molecular formula is C12H26OSi. The first kappa shape index (κ1) is 13.9. The van der Waals surface area contributed by atoms with Crippen LogP contribution in [0.15, 0.2) is 12.7 Å². The van der Waals surface area contributed by atoms with Crippen LogP contribution in [0.25, 0.3) is 0 Å². The molecule has 84 valence electrons. The Kier molecular flexibility index (Phi) is 5.10. The van der Waals surface area contributed by atoms with Crippen molar-refractivity contribution in [2.24, 2.45) is 0 Å². The molecule has 1 N–H and O–H groups in total. The normalized spacial score (nSPS) is 15.3. The highest BCUT2D eigenvalue weighted by Crippen LogP contribution is 2.43. The maximum absolute atomic E-state index is 10.2. The fourth-order valence-electron chi connectivity index (χ4n) is 3.23. The van der Waals surface area contributed by atoms with Gasteiger partial charge in [0, 0.05) is 0 Å². The summed E-state index contributed by atoms with van der Waals surface area (Å²) in [5, 5.41) is 10.2. The second kappa shape index (κ2) is 5.13. The Labute approximate surface area is 90.2 Å². The Balaban J connectivity index is 5.26. The molecule has 1 nitrogen and oxygen atoms in total. The molecule has 0 aromatic rings. The van der Waals surface area contributed by atoms with Gasteiger partial charge in [-0.25, -0.2) is 0 Å². The van der Waals surface area contributed by atoms with E-state index in [1.165, 1.54) is 0 Å². The second-order valence-electron chi connectivity index (χ2n) is 5.14. The molecule has 2 heteroatoms. The van der Waals surface area contributed by atoms with Gasteiger partial charge < -0.3 is 5.11 Å². The van der Waals surface area contributed by atoms with E-state index in [2.05, 4.69) is 48.1 Å². The van der Waals surface area contributed by atoms with Crippen molar-refractivity contribution in [3.63, 3.8) is 0 Å². The van der Waals surface area contributed by atoms with E-state index in [0.717, 1.165) is 0 Å². The van der Waals surface area contributed by atoms with Gasteiger partial charge in [0.2, 0.25) is 0 Å². The van der Waals surface area contributed by atoms with Crippen molar-refractivity contribution in [3.05, 3.63) is 12.7 Å². The molecule has 14 heavy (non-hydrogen) atoms. The van der Waals surface area contributed by atoms with Crippen LogP contribution in [0.1, 0.15) is 41.5 Å². The molecule has 0 fully saturated rings. The zero-order chi connectivity index (χ0) is 11.5. The second-order valence-corrected chi connectivity index (χ2v) is 11.2. The van der Waals surface area contributed by atoms with E-state index in [1.807, 2.05) is 0 Å². The third-order valence-electron chi connectivity index (χ3n) is 3.74. The van der Waals surface area contributed by atoms with E-state index in [9.17, 15) is 5.11 Å². The fourth-order valence-corrected chi connectivity index (χ4v) is 9.69. The molecule has 0 aliphatic heterocycles. The summed E-state index contributed by atoms with van der Waals surface area (Å²) in [7, 11) is -1.69. The zero-order valence-electron chi connectivity index (χ0n) is 10.5. The number of aliphatic hydroxyl groups excluding tert-OH is 1. The molecule has 0 unspecified atom stereocenters. The van der Waals surface area contributed by atoms with Crippen LogP contribution in [0.2, 0.25) is 16.6 Å². The standard InChI is InChI=1S/C12H26OSi/c1-8-12(13)14(9(2)3,10(4)5)11(6)7/h8-13H,1H2,2-7H3/t12-/m0/s1. The maximum atomic E-state index is 10.2. The monoisotopic (exact) mass is 214 g/mol. The van der Waals surface area contributed by atoms with Gasteiger partial charge in [0.05, 0.1) is 13.8 Å². The van der Waals surface area contributed by atoms with Crippen molar-refractivity contribution >= 4 is 8.07 Å². The first-order valence-corrected chi connectivity index (χ1v) is 7.93. The first-order valence-electron chi connectivity index (χ1n) is 5.62. The minimum Gasteiger partial charge on any atom is -0.393 e. The van der Waals surface area contributed by atoms with Crippen molar-refractivity contribution < 1.29 is 5.11 Å². The van der Waals surface area contributed by atoms with Crippen LogP contribution in [0.4, 0.5) is 0 Å². The van der Waals surface area contributed by atoms with Gasteiger partial charge in [-0.2, -0.15) is 0 Å². The molecule has 0 bridgehead atoms. The maximum Gasteiger partial charge on any atom is 0.0997 e. The highest BCUT2D eigenvalue weighted by atomic mass is 28.3. The highest BCUT2D eigenvalue weighted by Gasteiger charge is 2.47. The third kappa shape index (κ3) is 2.11. The van der Waals surface area contributed by atoms with Crippen LogP contribution in [0.3, 0.4) is 0 Å².